The standard InChI is InChI=1S/C26H29ClFN5O3.C25H27ClFN5O3/c1-13(2)18-19(15(4)7-9-29-18)33-23-16(10-17(28)22(27)30-23)20-21(24(33)35)31(5)25(36)26(12-34)8-6-14(3)11-32(20)26;1-12(2)17-19(14(4)6-8-28-17)32-22-15(9-16(27)21(26)30-22)20-18(23(32)34)29-24(35)25(11-33)7-5-13(3)10-31(20)25/h7,9-10,13-14,34H,6,8,11-12H2,1-5H3;6,8-9,12-13,33H,5,7,10-11H2,1-4H3,(H,29,35)/t14-,26-;13-,25-/m00/s1. The second-order valence-electron chi connectivity index (χ2n) is 20.2. The molecule has 16 nitrogen and oxygen atoms in total. The molecule has 0 spiro atoms. The van der Waals surface area contributed by atoms with Crippen LogP contribution >= 0.6 is 23.2 Å². The van der Waals surface area contributed by atoms with Crippen LogP contribution in [0.2, 0.25) is 10.3 Å². The average Bonchev–Trinajstić information content (AvgIpc) is 3.32. The molecule has 2 amide bonds. The van der Waals surface area contributed by atoms with Crippen molar-refractivity contribution in [1.82, 2.24) is 29.1 Å². The van der Waals surface area contributed by atoms with E-state index in [9.17, 15) is 38.2 Å². The molecule has 10 rings (SSSR count). The van der Waals surface area contributed by atoms with E-state index in [-0.39, 0.29) is 62.6 Å². The predicted octanol–water partition coefficient (Wildman–Crippen LogP) is 7.87. The van der Waals surface area contributed by atoms with Crippen molar-refractivity contribution in [1.29, 1.82) is 0 Å². The van der Waals surface area contributed by atoms with Gasteiger partial charge in [-0.05, 0) is 98.6 Å². The van der Waals surface area contributed by atoms with Gasteiger partial charge in [0.05, 0.1) is 47.4 Å². The van der Waals surface area contributed by atoms with Gasteiger partial charge in [0.25, 0.3) is 22.9 Å². The van der Waals surface area contributed by atoms with Gasteiger partial charge >= 0.3 is 0 Å². The third-order valence-electron chi connectivity index (χ3n) is 14.8. The Morgan fingerprint density at radius 1 is 0.704 bits per heavy atom. The molecule has 4 aliphatic rings. The van der Waals surface area contributed by atoms with Crippen LogP contribution in [0.4, 0.5) is 31.5 Å². The van der Waals surface area contributed by atoms with E-state index < -0.39 is 53.0 Å². The molecule has 0 bridgehead atoms. The number of pyridine rings is 6. The molecule has 0 unspecified atom stereocenters. The van der Waals surface area contributed by atoms with E-state index in [4.69, 9.17) is 23.2 Å². The van der Waals surface area contributed by atoms with E-state index in [2.05, 4.69) is 32.2 Å². The van der Waals surface area contributed by atoms with Gasteiger partial charge in [-0.25, -0.2) is 18.7 Å². The predicted molar refractivity (Wildman–Crippen MR) is 271 cm³/mol. The van der Waals surface area contributed by atoms with Gasteiger partial charge in [-0.1, -0.05) is 64.7 Å². The minimum Gasteiger partial charge on any atom is -0.393 e. The number of amides is 2. The Morgan fingerprint density at radius 3 is 1.63 bits per heavy atom. The van der Waals surface area contributed by atoms with Gasteiger partial charge in [-0.15, -0.1) is 0 Å². The molecule has 0 aromatic carbocycles. The normalized spacial score (nSPS) is 21.8. The van der Waals surface area contributed by atoms with Crippen molar-refractivity contribution in [2.75, 3.05) is 53.4 Å². The Labute approximate surface area is 418 Å². The van der Waals surface area contributed by atoms with Gasteiger partial charge in [-0.2, -0.15) is 0 Å². The first-order valence-electron chi connectivity index (χ1n) is 23.8. The van der Waals surface area contributed by atoms with Crippen LogP contribution in [-0.2, 0) is 9.59 Å². The zero-order valence-electron chi connectivity index (χ0n) is 41.0. The summed E-state index contributed by atoms with van der Waals surface area (Å²) in [5.41, 5.74) is 1.71. The van der Waals surface area contributed by atoms with Crippen molar-refractivity contribution in [2.45, 2.75) is 104 Å². The van der Waals surface area contributed by atoms with E-state index in [0.717, 1.165) is 24.0 Å². The number of aliphatic hydroxyl groups is 2. The first kappa shape index (κ1) is 49.9. The molecule has 3 N–H and O–H groups in total. The number of hydrogen-bond acceptors (Lipinski definition) is 12. The van der Waals surface area contributed by atoms with Crippen LogP contribution < -0.4 is 31.1 Å². The molecular formula is C51H56Cl2F2N10O6. The molecule has 2 saturated heterocycles. The van der Waals surface area contributed by atoms with Crippen molar-refractivity contribution in [3.8, 4) is 11.4 Å². The van der Waals surface area contributed by atoms with Gasteiger partial charge in [0.2, 0.25) is 0 Å². The van der Waals surface area contributed by atoms with E-state index in [1.807, 2.05) is 48.5 Å². The highest BCUT2D eigenvalue weighted by molar-refractivity contribution is 6.30. The Kier molecular flexibility index (Phi) is 12.8. The number of carbonyl (C=O) groups is 2. The molecular weight excluding hydrogens is 958 g/mol. The maximum absolute atomic E-state index is 14.9. The number of aryl methyl sites for hydroxylation is 2. The van der Waals surface area contributed by atoms with Crippen molar-refractivity contribution >= 4 is 79.8 Å². The number of carbonyl (C=O) groups excluding carboxylic acids is 2. The monoisotopic (exact) mass is 1010 g/mol. The lowest BCUT2D eigenvalue weighted by molar-refractivity contribution is -0.126. The van der Waals surface area contributed by atoms with Crippen LogP contribution in [0.3, 0.4) is 0 Å². The Hall–Kier alpha value is -6.08. The molecule has 4 atom stereocenters. The summed E-state index contributed by atoms with van der Waals surface area (Å²) in [4.78, 5) is 78.1. The first-order chi connectivity index (χ1) is 33.6. The number of halogens is 4. The summed E-state index contributed by atoms with van der Waals surface area (Å²) in [6, 6.07) is 6.10. The van der Waals surface area contributed by atoms with E-state index in [0.29, 0.717) is 70.8 Å². The van der Waals surface area contributed by atoms with E-state index in [1.54, 1.807) is 34.3 Å². The highest BCUT2D eigenvalue weighted by Gasteiger charge is 2.55. The van der Waals surface area contributed by atoms with Gasteiger partial charge in [0.1, 0.15) is 22.5 Å². The number of likely N-dealkylation sites (N-methyl/N-ethyl adjacent to an activating group) is 1. The second kappa shape index (κ2) is 18.2. The molecule has 4 aliphatic heterocycles. The highest BCUT2D eigenvalue weighted by atomic mass is 35.5. The number of rotatable bonds is 6. The number of nitrogens with one attached hydrogen (secondary N) is 1. The van der Waals surface area contributed by atoms with Gasteiger partial charge in [-0.3, -0.25) is 38.3 Å². The van der Waals surface area contributed by atoms with Crippen molar-refractivity contribution in [2.24, 2.45) is 11.8 Å². The van der Waals surface area contributed by atoms with Crippen molar-refractivity contribution in [3.63, 3.8) is 0 Å². The average molecular weight is 1010 g/mol. The van der Waals surface area contributed by atoms with Crippen LogP contribution in [0.1, 0.15) is 102 Å². The maximum Gasteiger partial charge on any atom is 0.283 e. The van der Waals surface area contributed by atoms with Crippen LogP contribution in [-0.4, -0.2) is 95.5 Å². The number of aromatic nitrogens is 6. The zero-order valence-corrected chi connectivity index (χ0v) is 42.5. The lowest BCUT2D eigenvalue weighted by atomic mass is 9.79. The van der Waals surface area contributed by atoms with E-state index in [1.165, 1.54) is 33.2 Å². The van der Waals surface area contributed by atoms with Gasteiger partial charge in [0, 0.05) is 43.3 Å². The van der Waals surface area contributed by atoms with Crippen LogP contribution in [0, 0.1) is 37.3 Å². The van der Waals surface area contributed by atoms with Gasteiger partial charge in [0.15, 0.2) is 33.2 Å². The summed E-state index contributed by atoms with van der Waals surface area (Å²) in [6.45, 7) is 15.7. The fraction of sp³-hybridized carbons (Fsp3) is 0.451. The third kappa shape index (κ3) is 7.57. The Balaban J connectivity index is 0.000000176. The largest absolute Gasteiger partial charge is 0.393 e. The number of hydrogen-bond donors (Lipinski definition) is 3. The topological polar surface area (TPSA) is 192 Å². The summed E-state index contributed by atoms with van der Waals surface area (Å²) in [5, 5.41) is 23.6. The van der Waals surface area contributed by atoms with Crippen LogP contribution in [0.25, 0.3) is 33.4 Å². The smallest absolute Gasteiger partial charge is 0.283 e. The SMILES string of the molecule is Cc1ccnc(C(C)C)c1-n1c(=O)c2c(c3cc(F)c(Cl)nc31)N1C[C@@H](C)CC[C@]1(CO)C(=O)N2.Cc1ccnc(C(C)C)c1-n1c(=O)c2c(c3cc(F)c(Cl)nc31)N1C[C@@H](C)CC[C@]1(CO)C(=O)N2C. The van der Waals surface area contributed by atoms with E-state index >= 15 is 0 Å². The molecule has 71 heavy (non-hydrogen) atoms. The molecule has 2 fully saturated rings. The molecule has 6 aromatic rings. The van der Waals surface area contributed by atoms with Crippen molar-refractivity contribution in [3.05, 3.63) is 102 Å². The Bertz CT molecular complexity index is 3350. The zero-order chi connectivity index (χ0) is 51.3. The van der Waals surface area contributed by atoms with Crippen LogP contribution in [0.15, 0.2) is 46.2 Å². The fourth-order valence-electron chi connectivity index (χ4n) is 11.0. The summed E-state index contributed by atoms with van der Waals surface area (Å²) >= 11 is 12.3. The minimum atomic E-state index is -1.24. The first-order valence-corrected chi connectivity index (χ1v) is 24.6. The number of aliphatic hydroxyl groups excluding tert-OH is 2. The molecule has 0 aliphatic carbocycles. The number of nitrogens with zero attached hydrogens (tertiary/aromatic N) is 9. The van der Waals surface area contributed by atoms with Crippen molar-refractivity contribution < 1.29 is 28.6 Å². The van der Waals surface area contributed by atoms with Gasteiger partial charge < -0.3 is 30.2 Å². The number of fused-ring (bicyclic) bond motifs is 10. The highest BCUT2D eigenvalue weighted by Crippen LogP contribution is 2.49. The third-order valence-corrected chi connectivity index (χ3v) is 15.3. The lowest BCUT2D eigenvalue weighted by Crippen LogP contribution is -2.68. The van der Waals surface area contributed by atoms with Crippen LogP contribution in [0.5, 0.6) is 0 Å². The maximum atomic E-state index is 14.9. The molecule has 20 heteroatoms. The molecule has 0 radical (unpaired) electrons. The molecule has 374 valence electrons. The number of piperidine rings is 2. The fourth-order valence-corrected chi connectivity index (χ4v) is 11.3. The second-order valence-corrected chi connectivity index (χ2v) is 20.9. The lowest BCUT2D eigenvalue weighted by Gasteiger charge is -2.53. The minimum absolute atomic E-state index is 0.0293. The summed E-state index contributed by atoms with van der Waals surface area (Å²) in [7, 11) is 1.53. The molecule has 0 saturated carbocycles. The summed E-state index contributed by atoms with van der Waals surface area (Å²) in [6.07, 6.45) is 5.66. The Morgan fingerprint density at radius 2 is 1.15 bits per heavy atom. The summed E-state index contributed by atoms with van der Waals surface area (Å²) in [5.74, 6) is -1.94. The molecule has 6 aromatic heterocycles. The quantitative estimate of drug-likeness (QED) is 0.137. The molecule has 10 heterocycles. The number of anilines is 4. The summed E-state index contributed by atoms with van der Waals surface area (Å²) < 4.78 is 32.6.